The van der Waals surface area contributed by atoms with Crippen molar-refractivity contribution in [1.29, 1.82) is 0 Å². The molecule has 106 valence electrons. The summed E-state index contributed by atoms with van der Waals surface area (Å²) in [7, 11) is 1.63. The molecule has 0 aromatic heterocycles. The summed E-state index contributed by atoms with van der Waals surface area (Å²) in [5, 5.41) is 3.40. The normalized spacial score (nSPS) is 14.5. The largest absolute Gasteiger partial charge is 0.493 e. The third-order valence-corrected chi connectivity index (χ3v) is 2.94. The average molecular weight is 267 g/mol. The fourth-order valence-corrected chi connectivity index (χ4v) is 1.93. The van der Waals surface area contributed by atoms with Crippen LogP contribution in [0.15, 0.2) is 12.1 Å². The van der Waals surface area contributed by atoms with E-state index < -0.39 is 0 Å². The molecular weight excluding hydrogens is 246 g/mol. The first-order valence-corrected chi connectivity index (χ1v) is 6.52. The van der Waals surface area contributed by atoms with Crippen molar-refractivity contribution in [2.45, 2.75) is 26.4 Å². The molecule has 0 amide bonds. The smallest absolute Gasteiger partial charge is 0.231 e. The van der Waals surface area contributed by atoms with Gasteiger partial charge in [0.15, 0.2) is 11.5 Å². The molecule has 1 aliphatic heterocycles. The van der Waals surface area contributed by atoms with Crippen molar-refractivity contribution >= 4 is 0 Å². The fourth-order valence-electron chi connectivity index (χ4n) is 1.93. The predicted molar refractivity (Wildman–Crippen MR) is 71.9 cm³/mol. The standard InChI is InChI=1S/C14H21NO4/c1-4-17-8-10(2)15-7-11-5-12(16-3)14-13(6-11)18-9-19-14/h5-6,10,15H,4,7-9H2,1-3H3. The van der Waals surface area contributed by atoms with Gasteiger partial charge in [0.2, 0.25) is 12.5 Å². The predicted octanol–water partition coefficient (Wildman–Crippen LogP) is 1.94. The Hall–Kier alpha value is -1.46. The number of hydrogen-bond acceptors (Lipinski definition) is 5. The number of fused-ring (bicyclic) bond motifs is 1. The van der Waals surface area contributed by atoms with Crippen LogP contribution in [0.5, 0.6) is 17.2 Å². The number of nitrogens with one attached hydrogen (secondary N) is 1. The molecule has 1 N–H and O–H groups in total. The van der Waals surface area contributed by atoms with Gasteiger partial charge in [0.1, 0.15) is 0 Å². The van der Waals surface area contributed by atoms with Gasteiger partial charge in [-0.15, -0.1) is 0 Å². The van der Waals surface area contributed by atoms with Crippen LogP contribution in [0.3, 0.4) is 0 Å². The van der Waals surface area contributed by atoms with Crippen LogP contribution in [-0.2, 0) is 11.3 Å². The zero-order valence-corrected chi connectivity index (χ0v) is 11.7. The second-order valence-electron chi connectivity index (χ2n) is 4.47. The summed E-state index contributed by atoms with van der Waals surface area (Å²) >= 11 is 0. The Balaban J connectivity index is 1.97. The zero-order valence-electron chi connectivity index (χ0n) is 11.7. The van der Waals surface area contributed by atoms with Gasteiger partial charge in [-0.2, -0.15) is 0 Å². The Morgan fingerprint density at radius 1 is 1.37 bits per heavy atom. The summed E-state index contributed by atoms with van der Waals surface area (Å²) in [6.45, 7) is 6.53. The topological polar surface area (TPSA) is 49.0 Å². The quantitative estimate of drug-likeness (QED) is 0.818. The summed E-state index contributed by atoms with van der Waals surface area (Å²) in [6, 6.07) is 4.25. The second-order valence-corrected chi connectivity index (χ2v) is 4.47. The molecule has 1 heterocycles. The first-order chi connectivity index (χ1) is 9.24. The van der Waals surface area contributed by atoms with Crippen LogP contribution < -0.4 is 19.5 Å². The van der Waals surface area contributed by atoms with E-state index in [1.807, 2.05) is 19.1 Å². The zero-order chi connectivity index (χ0) is 13.7. The van der Waals surface area contributed by atoms with Gasteiger partial charge in [0.05, 0.1) is 13.7 Å². The molecule has 1 aliphatic rings. The third-order valence-electron chi connectivity index (χ3n) is 2.94. The molecule has 0 radical (unpaired) electrons. The van der Waals surface area contributed by atoms with Gasteiger partial charge in [0, 0.05) is 19.2 Å². The number of rotatable bonds is 7. The van der Waals surface area contributed by atoms with Crippen molar-refractivity contribution in [3.63, 3.8) is 0 Å². The van der Waals surface area contributed by atoms with E-state index in [1.165, 1.54) is 0 Å². The van der Waals surface area contributed by atoms with Crippen molar-refractivity contribution in [2.75, 3.05) is 27.1 Å². The maximum absolute atomic E-state index is 5.40. The van der Waals surface area contributed by atoms with Crippen LogP contribution in [0.4, 0.5) is 0 Å². The van der Waals surface area contributed by atoms with E-state index in [4.69, 9.17) is 18.9 Å². The molecule has 5 heteroatoms. The van der Waals surface area contributed by atoms with Gasteiger partial charge in [-0.05, 0) is 31.5 Å². The van der Waals surface area contributed by atoms with Crippen LogP contribution in [0.2, 0.25) is 0 Å². The van der Waals surface area contributed by atoms with E-state index >= 15 is 0 Å². The van der Waals surface area contributed by atoms with Gasteiger partial charge in [-0.25, -0.2) is 0 Å². The summed E-state index contributed by atoms with van der Waals surface area (Å²) in [5.41, 5.74) is 1.10. The maximum Gasteiger partial charge on any atom is 0.231 e. The molecule has 1 atom stereocenters. The van der Waals surface area contributed by atoms with Crippen LogP contribution >= 0.6 is 0 Å². The molecule has 0 bridgehead atoms. The Bertz CT molecular complexity index is 422. The molecule has 0 saturated carbocycles. The van der Waals surface area contributed by atoms with Gasteiger partial charge in [-0.3, -0.25) is 0 Å². The lowest BCUT2D eigenvalue weighted by Gasteiger charge is -2.14. The van der Waals surface area contributed by atoms with E-state index in [0.29, 0.717) is 24.1 Å². The highest BCUT2D eigenvalue weighted by molar-refractivity contribution is 5.55. The van der Waals surface area contributed by atoms with Crippen molar-refractivity contribution in [3.8, 4) is 17.2 Å². The van der Waals surface area contributed by atoms with Crippen LogP contribution in [0.1, 0.15) is 19.4 Å². The number of methoxy groups -OCH3 is 1. The van der Waals surface area contributed by atoms with E-state index in [9.17, 15) is 0 Å². The third kappa shape index (κ3) is 3.52. The minimum Gasteiger partial charge on any atom is -0.493 e. The molecule has 2 rings (SSSR count). The lowest BCUT2D eigenvalue weighted by molar-refractivity contribution is 0.127. The summed E-state index contributed by atoms with van der Waals surface area (Å²) in [5.74, 6) is 2.14. The minimum atomic E-state index is 0.253. The lowest BCUT2D eigenvalue weighted by Crippen LogP contribution is -2.30. The van der Waals surface area contributed by atoms with E-state index in [2.05, 4.69) is 12.2 Å². The number of hydrogen-bond donors (Lipinski definition) is 1. The Morgan fingerprint density at radius 3 is 2.95 bits per heavy atom. The molecule has 0 aliphatic carbocycles. The lowest BCUT2D eigenvalue weighted by atomic mass is 10.1. The van der Waals surface area contributed by atoms with E-state index in [-0.39, 0.29) is 6.79 Å². The Labute approximate surface area is 113 Å². The highest BCUT2D eigenvalue weighted by Gasteiger charge is 2.20. The first kappa shape index (κ1) is 14.0. The number of benzene rings is 1. The van der Waals surface area contributed by atoms with Crippen molar-refractivity contribution in [1.82, 2.24) is 5.32 Å². The molecule has 5 nitrogen and oxygen atoms in total. The molecule has 1 aromatic rings. The second kappa shape index (κ2) is 6.63. The summed E-state index contributed by atoms with van der Waals surface area (Å²) in [4.78, 5) is 0. The number of ether oxygens (including phenoxy) is 4. The summed E-state index contributed by atoms with van der Waals surface area (Å²) < 4.78 is 21.4. The van der Waals surface area contributed by atoms with Gasteiger partial charge in [0.25, 0.3) is 0 Å². The van der Waals surface area contributed by atoms with Crippen LogP contribution in [0.25, 0.3) is 0 Å². The molecule has 1 unspecified atom stereocenters. The average Bonchev–Trinajstić information content (AvgIpc) is 2.90. The van der Waals surface area contributed by atoms with Gasteiger partial charge in [-0.1, -0.05) is 0 Å². The molecule has 0 fully saturated rings. The molecular formula is C14H21NO4. The van der Waals surface area contributed by atoms with E-state index in [1.54, 1.807) is 7.11 Å². The Kier molecular flexibility index (Phi) is 4.87. The summed E-state index contributed by atoms with van der Waals surface area (Å²) in [6.07, 6.45) is 0. The Morgan fingerprint density at radius 2 is 2.21 bits per heavy atom. The minimum absolute atomic E-state index is 0.253. The van der Waals surface area contributed by atoms with Gasteiger partial charge >= 0.3 is 0 Å². The van der Waals surface area contributed by atoms with Crippen LogP contribution in [-0.4, -0.2) is 33.2 Å². The fraction of sp³-hybridized carbons (Fsp3) is 0.571. The van der Waals surface area contributed by atoms with E-state index in [0.717, 1.165) is 24.5 Å². The van der Waals surface area contributed by atoms with Crippen molar-refractivity contribution in [2.24, 2.45) is 0 Å². The van der Waals surface area contributed by atoms with Crippen LogP contribution in [0, 0.1) is 0 Å². The highest BCUT2D eigenvalue weighted by Crippen LogP contribution is 2.41. The maximum atomic E-state index is 5.40. The monoisotopic (exact) mass is 267 g/mol. The molecule has 19 heavy (non-hydrogen) atoms. The molecule has 0 saturated heterocycles. The first-order valence-electron chi connectivity index (χ1n) is 6.52. The molecule has 1 aromatic carbocycles. The van der Waals surface area contributed by atoms with Crippen molar-refractivity contribution < 1.29 is 18.9 Å². The highest BCUT2D eigenvalue weighted by atomic mass is 16.7. The van der Waals surface area contributed by atoms with Crippen molar-refractivity contribution in [3.05, 3.63) is 17.7 Å². The molecule has 0 spiro atoms. The van der Waals surface area contributed by atoms with Gasteiger partial charge < -0.3 is 24.3 Å². The SMILES string of the molecule is CCOCC(C)NCc1cc(OC)c2c(c1)OCO2.